The lowest BCUT2D eigenvalue weighted by molar-refractivity contribution is -0.289. The quantitative estimate of drug-likeness (QED) is 0.257. The molecule has 2 aliphatic carbocycles. The number of fused-ring (bicyclic) bond motifs is 3. The van der Waals surface area contributed by atoms with Gasteiger partial charge in [0.15, 0.2) is 18.7 Å². The smallest absolute Gasteiger partial charge is 0.309 e. The predicted molar refractivity (Wildman–Crippen MR) is 142 cm³/mol. The van der Waals surface area contributed by atoms with E-state index in [9.17, 15) is 19.5 Å². The van der Waals surface area contributed by atoms with Crippen molar-refractivity contribution in [2.24, 2.45) is 34.5 Å². The Bertz CT molecular complexity index is 1010. The molecule has 11 heteroatoms. The van der Waals surface area contributed by atoms with E-state index in [2.05, 4.69) is 13.8 Å². The van der Waals surface area contributed by atoms with Crippen molar-refractivity contribution in [1.29, 1.82) is 0 Å². The number of ether oxygens (including phenoxy) is 7. The summed E-state index contributed by atoms with van der Waals surface area (Å²) in [5, 5.41) is 11.7. The molecule has 3 aliphatic heterocycles. The fourth-order valence-electron chi connectivity index (χ4n) is 8.47. The van der Waals surface area contributed by atoms with Gasteiger partial charge in [0, 0.05) is 38.7 Å². The third-order valence-electron chi connectivity index (χ3n) is 11.1. The molecule has 0 aromatic carbocycles. The zero-order valence-electron chi connectivity index (χ0n) is 25.3. The van der Waals surface area contributed by atoms with E-state index in [1.54, 1.807) is 14.0 Å². The Morgan fingerprint density at radius 1 is 1.05 bits per heavy atom. The van der Waals surface area contributed by atoms with Crippen LogP contribution in [-0.4, -0.2) is 85.9 Å². The fourth-order valence-corrected chi connectivity index (χ4v) is 8.47. The summed E-state index contributed by atoms with van der Waals surface area (Å²) in [6, 6.07) is 0. The Morgan fingerprint density at radius 3 is 2.32 bits per heavy atom. The molecule has 2 saturated carbocycles. The van der Waals surface area contributed by atoms with Crippen molar-refractivity contribution in [1.82, 2.24) is 0 Å². The van der Waals surface area contributed by atoms with Gasteiger partial charge < -0.3 is 38.3 Å². The number of aliphatic hydroxyl groups excluding tert-OH is 1. The molecule has 0 aromatic heterocycles. The predicted octanol–water partition coefficient (Wildman–Crippen LogP) is 2.75. The van der Waals surface area contributed by atoms with E-state index in [1.807, 2.05) is 6.92 Å². The van der Waals surface area contributed by atoms with E-state index in [4.69, 9.17) is 33.2 Å². The van der Waals surface area contributed by atoms with E-state index in [1.165, 1.54) is 13.8 Å². The molecule has 0 amide bonds. The molecule has 13 atom stereocenters. The average molecular weight is 583 g/mol. The summed E-state index contributed by atoms with van der Waals surface area (Å²) in [5.41, 5.74) is -2.86. The van der Waals surface area contributed by atoms with Crippen LogP contribution in [0.15, 0.2) is 0 Å². The normalized spacial score (nSPS) is 47.3. The molecule has 1 spiro atoms. The number of methoxy groups -OCH3 is 1. The van der Waals surface area contributed by atoms with Crippen LogP contribution in [0.2, 0.25) is 0 Å². The standard InChI is InChI=1S/C30H46O11/c1-8-15(2)26(34)41-25-20(33)12-21-28(6,22-10-19-11-24(35-7)40-27(19)39-22)16(3)9-23(38-18(5)32)29(21,13-36-17(4)31)30(25)14-37-30/h15-16,19-25,27,33H,8-14H2,1-7H3/t15?,16-,19?,20-,21?,22+,23+,24-,25+,27?,28+,29+,30-/m1/s1. The van der Waals surface area contributed by atoms with Crippen molar-refractivity contribution in [3.63, 3.8) is 0 Å². The van der Waals surface area contributed by atoms with Crippen molar-refractivity contribution in [2.75, 3.05) is 20.3 Å². The van der Waals surface area contributed by atoms with Crippen LogP contribution in [-0.2, 0) is 47.5 Å². The fraction of sp³-hybridized carbons (Fsp3) is 0.900. The summed E-state index contributed by atoms with van der Waals surface area (Å²) in [5.74, 6) is -1.98. The van der Waals surface area contributed by atoms with Crippen molar-refractivity contribution in [3.05, 3.63) is 0 Å². The van der Waals surface area contributed by atoms with Gasteiger partial charge in [0.1, 0.15) is 18.3 Å². The van der Waals surface area contributed by atoms with Crippen LogP contribution in [0.5, 0.6) is 0 Å². The van der Waals surface area contributed by atoms with E-state index in [0.717, 1.165) is 12.8 Å². The van der Waals surface area contributed by atoms with Gasteiger partial charge in [0.2, 0.25) is 0 Å². The second-order valence-electron chi connectivity index (χ2n) is 13.1. The third kappa shape index (κ3) is 4.80. The number of epoxide rings is 1. The van der Waals surface area contributed by atoms with Gasteiger partial charge in [-0.25, -0.2) is 0 Å². The molecular weight excluding hydrogens is 536 g/mol. The summed E-state index contributed by atoms with van der Waals surface area (Å²) in [4.78, 5) is 37.8. The number of esters is 3. The Balaban J connectivity index is 1.59. The molecule has 5 fully saturated rings. The Morgan fingerprint density at radius 2 is 1.76 bits per heavy atom. The second-order valence-corrected chi connectivity index (χ2v) is 13.1. The van der Waals surface area contributed by atoms with Gasteiger partial charge in [-0.15, -0.1) is 0 Å². The van der Waals surface area contributed by atoms with Crippen molar-refractivity contribution >= 4 is 17.9 Å². The topological polar surface area (TPSA) is 139 Å². The molecule has 1 N–H and O–H groups in total. The van der Waals surface area contributed by atoms with Crippen LogP contribution in [0, 0.1) is 34.5 Å². The van der Waals surface area contributed by atoms with Crippen LogP contribution < -0.4 is 0 Å². The molecule has 5 rings (SSSR count). The first-order chi connectivity index (χ1) is 19.3. The van der Waals surface area contributed by atoms with Crippen LogP contribution in [0.1, 0.15) is 73.6 Å². The second kappa shape index (κ2) is 11.0. The minimum atomic E-state index is -1.21. The summed E-state index contributed by atoms with van der Waals surface area (Å²) in [6.45, 7) is 10.7. The van der Waals surface area contributed by atoms with Crippen LogP contribution in [0.25, 0.3) is 0 Å². The molecule has 232 valence electrons. The Labute approximate surface area is 241 Å². The molecular formula is C30H46O11. The number of hydrogen-bond donors (Lipinski definition) is 1. The third-order valence-corrected chi connectivity index (χ3v) is 11.1. The maximum absolute atomic E-state index is 13.0. The molecule has 5 aliphatic rings. The maximum Gasteiger partial charge on any atom is 0.309 e. The van der Waals surface area contributed by atoms with Crippen molar-refractivity contribution in [3.8, 4) is 0 Å². The van der Waals surface area contributed by atoms with Crippen molar-refractivity contribution < 1.29 is 52.6 Å². The number of carbonyl (C=O) groups excluding carboxylic acids is 3. The SMILES string of the molecule is CCC(C)C(=O)O[C@H]1[C@H](O)CC2[C@@](C)([C@@H]3CC4C[C@H](OC)OC4O3)[C@H](C)C[C@H](OC(C)=O)[C@@]2(COC(C)=O)[C@@]12CO2. The summed E-state index contributed by atoms with van der Waals surface area (Å²) in [7, 11) is 1.62. The van der Waals surface area contributed by atoms with Gasteiger partial charge in [-0.3, -0.25) is 14.4 Å². The lowest BCUT2D eigenvalue weighted by Crippen LogP contribution is -2.74. The summed E-state index contributed by atoms with van der Waals surface area (Å²) < 4.78 is 42.1. The minimum Gasteiger partial charge on any atom is -0.465 e. The monoisotopic (exact) mass is 582 g/mol. The highest BCUT2D eigenvalue weighted by atomic mass is 16.8. The first-order valence-corrected chi connectivity index (χ1v) is 15.0. The molecule has 11 nitrogen and oxygen atoms in total. The lowest BCUT2D eigenvalue weighted by Gasteiger charge is -2.65. The minimum absolute atomic E-state index is 0.00781. The highest BCUT2D eigenvalue weighted by molar-refractivity contribution is 5.72. The molecule has 3 heterocycles. The van der Waals surface area contributed by atoms with E-state index < -0.39 is 58.9 Å². The number of hydrogen-bond acceptors (Lipinski definition) is 11. The van der Waals surface area contributed by atoms with Crippen LogP contribution in [0.4, 0.5) is 0 Å². The largest absolute Gasteiger partial charge is 0.465 e. The summed E-state index contributed by atoms with van der Waals surface area (Å²) in [6.07, 6.45) is -0.987. The van der Waals surface area contributed by atoms with E-state index in [0.29, 0.717) is 12.8 Å². The Hall–Kier alpha value is -1.79. The molecule has 41 heavy (non-hydrogen) atoms. The zero-order valence-corrected chi connectivity index (χ0v) is 25.3. The van der Waals surface area contributed by atoms with Crippen molar-refractivity contribution in [2.45, 2.75) is 116 Å². The van der Waals surface area contributed by atoms with Gasteiger partial charge in [0.25, 0.3) is 0 Å². The first kappa shape index (κ1) is 30.7. The van der Waals surface area contributed by atoms with Gasteiger partial charge in [-0.2, -0.15) is 0 Å². The van der Waals surface area contributed by atoms with E-state index in [-0.39, 0.29) is 55.7 Å². The average Bonchev–Trinajstić information content (AvgIpc) is 3.45. The number of aliphatic hydroxyl groups is 1. The number of rotatable bonds is 8. The molecule has 3 saturated heterocycles. The van der Waals surface area contributed by atoms with Crippen LogP contribution >= 0.6 is 0 Å². The highest BCUT2D eigenvalue weighted by Gasteiger charge is 2.81. The van der Waals surface area contributed by atoms with E-state index >= 15 is 0 Å². The molecule has 0 radical (unpaired) electrons. The van der Waals surface area contributed by atoms with Gasteiger partial charge >= 0.3 is 17.9 Å². The van der Waals surface area contributed by atoms with Gasteiger partial charge in [-0.1, -0.05) is 27.7 Å². The lowest BCUT2D eigenvalue weighted by atomic mass is 9.41. The molecule has 0 bridgehead atoms. The first-order valence-electron chi connectivity index (χ1n) is 15.0. The van der Waals surface area contributed by atoms with Gasteiger partial charge in [0.05, 0.1) is 30.1 Å². The zero-order chi connectivity index (χ0) is 29.9. The Kier molecular flexibility index (Phi) is 8.26. The highest BCUT2D eigenvalue weighted by Crippen LogP contribution is 2.70. The molecule has 0 aromatic rings. The van der Waals surface area contributed by atoms with Gasteiger partial charge in [-0.05, 0) is 37.5 Å². The maximum atomic E-state index is 13.0. The molecule has 4 unspecified atom stereocenters. The van der Waals surface area contributed by atoms with Crippen LogP contribution in [0.3, 0.4) is 0 Å². The number of carbonyl (C=O) groups is 3. The summed E-state index contributed by atoms with van der Waals surface area (Å²) >= 11 is 0.